The number of aliphatic imine (C=N–C) groups is 1. The van der Waals surface area contributed by atoms with Gasteiger partial charge in [-0.2, -0.15) is 0 Å². The van der Waals surface area contributed by atoms with E-state index in [-0.39, 0.29) is 6.10 Å². The Bertz CT molecular complexity index is 858. The zero-order valence-corrected chi connectivity index (χ0v) is 18.6. The fourth-order valence-corrected chi connectivity index (χ4v) is 4.19. The van der Waals surface area contributed by atoms with E-state index < -0.39 is 0 Å². The van der Waals surface area contributed by atoms with Crippen molar-refractivity contribution in [1.29, 1.82) is 0 Å². The lowest BCUT2D eigenvalue weighted by molar-refractivity contribution is 0.0529. The van der Waals surface area contributed by atoms with Gasteiger partial charge in [-0.15, -0.1) is 0 Å². The number of anilines is 2. The number of para-hydroxylation sites is 1. The second-order valence-electron chi connectivity index (χ2n) is 8.26. The van der Waals surface area contributed by atoms with Crippen molar-refractivity contribution in [3.8, 4) is 0 Å². The quantitative estimate of drug-likeness (QED) is 0.551. The molecule has 0 radical (unpaired) electrons. The van der Waals surface area contributed by atoms with Crippen LogP contribution in [0.4, 0.5) is 11.5 Å². The highest BCUT2D eigenvalue weighted by Gasteiger charge is 2.23. The highest BCUT2D eigenvalue weighted by atomic mass is 16.5. The Kier molecular flexibility index (Phi) is 7.25. The molecule has 2 aliphatic rings. The zero-order chi connectivity index (χ0) is 21.5. The van der Waals surface area contributed by atoms with E-state index in [9.17, 15) is 0 Å². The lowest BCUT2D eigenvalue weighted by atomic mass is 10.2. The van der Waals surface area contributed by atoms with Gasteiger partial charge in [-0.1, -0.05) is 18.2 Å². The van der Waals surface area contributed by atoms with E-state index >= 15 is 0 Å². The molecule has 2 aromatic rings. The highest BCUT2D eigenvalue weighted by Crippen LogP contribution is 2.20. The Labute approximate surface area is 185 Å². The van der Waals surface area contributed by atoms with Crippen LogP contribution in [0.3, 0.4) is 0 Å². The molecule has 2 fully saturated rings. The second kappa shape index (κ2) is 10.5. The Hall–Kier alpha value is -2.80. The van der Waals surface area contributed by atoms with E-state index in [4.69, 9.17) is 9.73 Å². The lowest BCUT2D eigenvalue weighted by Gasteiger charge is -2.32. The van der Waals surface area contributed by atoms with Crippen molar-refractivity contribution in [2.45, 2.75) is 39.0 Å². The molecule has 166 valence electrons. The summed E-state index contributed by atoms with van der Waals surface area (Å²) >= 11 is 0. The van der Waals surface area contributed by atoms with Crippen molar-refractivity contribution in [3.05, 3.63) is 54.2 Å². The zero-order valence-electron chi connectivity index (χ0n) is 18.6. The molecule has 2 N–H and O–H groups in total. The molecule has 31 heavy (non-hydrogen) atoms. The van der Waals surface area contributed by atoms with Gasteiger partial charge >= 0.3 is 0 Å². The first kappa shape index (κ1) is 21.4. The van der Waals surface area contributed by atoms with E-state index in [1.54, 1.807) is 0 Å². The van der Waals surface area contributed by atoms with Crippen LogP contribution in [-0.2, 0) is 11.3 Å². The Balaban J connectivity index is 1.36. The molecule has 0 saturated carbocycles. The van der Waals surface area contributed by atoms with Crippen LogP contribution in [0.15, 0.2) is 53.7 Å². The topological polar surface area (TPSA) is 65.0 Å². The van der Waals surface area contributed by atoms with Crippen LogP contribution in [0, 0.1) is 0 Å². The Morgan fingerprint density at radius 2 is 2.03 bits per heavy atom. The molecule has 0 bridgehead atoms. The van der Waals surface area contributed by atoms with Gasteiger partial charge in [-0.3, -0.25) is 0 Å². The fourth-order valence-electron chi connectivity index (χ4n) is 4.19. The third-order valence-corrected chi connectivity index (χ3v) is 5.79. The molecule has 0 amide bonds. The number of hydrogen-bond acceptors (Lipinski definition) is 5. The summed E-state index contributed by atoms with van der Waals surface area (Å²) < 4.78 is 5.65. The van der Waals surface area contributed by atoms with Gasteiger partial charge in [-0.25, -0.2) is 9.98 Å². The van der Waals surface area contributed by atoms with Gasteiger partial charge in [0.15, 0.2) is 5.96 Å². The maximum atomic E-state index is 5.65. The smallest absolute Gasteiger partial charge is 0.191 e. The van der Waals surface area contributed by atoms with Gasteiger partial charge in [0.2, 0.25) is 0 Å². The first-order valence-corrected chi connectivity index (χ1v) is 11.4. The summed E-state index contributed by atoms with van der Waals surface area (Å²) in [5.74, 6) is 1.89. The number of nitrogens with one attached hydrogen (secondary N) is 2. The molecule has 2 aliphatic heterocycles. The summed E-state index contributed by atoms with van der Waals surface area (Å²) in [5, 5.41) is 7.02. The van der Waals surface area contributed by atoms with Crippen molar-refractivity contribution in [1.82, 2.24) is 15.6 Å². The number of aromatic nitrogens is 1. The molecule has 1 aromatic heterocycles. The van der Waals surface area contributed by atoms with Crippen LogP contribution in [0.5, 0.6) is 0 Å². The molecule has 7 heteroatoms. The number of guanidine groups is 1. The molecule has 1 aromatic carbocycles. The monoisotopic (exact) mass is 422 g/mol. The molecule has 3 heterocycles. The Morgan fingerprint density at radius 1 is 1.16 bits per heavy atom. The summed E-state index contributed by atoms with van der Waals surface area (Å²) in [6.45, 7) is 10.2. The summed E-state index contributed by atoms with van der Waals surface area (Å²) in [6, 6.07) is 15.2. The average molecular weight is 423 g/mol. The molecular formula is C24H34N6O. The maximum absolute atomic E-state index is 5.65. The number of hydrogen-bond donors (Lipinski definition) is 2. The highest BCUT2D eigenvalue weighted by molar-refractivity contribution is 5.80. The molecule has 2 atom stereocenters. The molecule has 0 aliphatic carbocycles. The van der Waals surface area contributed by atoms with Crippen LogP contribution < -0.4 is 20.4 Å². The molecule has 4 rings (SSSR count). The van der Waals surface area contributed by atoms with Crippen molar-refractivity contribution in [3.63, 3.8) is 0 Å². The predicted molar refractivity (Wildman–Crippen MR) is 127 cm³/mol. The van der Waals surface area contributed by atoms with Gasteiger partial charge in [0.1, 0.15) is 5.82 Å². The van der Waals surface area contributed by atoms with Gasteiger partial charge in [0.25, 0.3) is 0 Å². The summed E-state index contributed by atoms with van der Waals surface area (Å²) in [7, 11) is 0. The standard InChI is InChI=1S/C24H34N6O/c1-3-25-24(28-21-10-12-29(18-21)22-7-5-4-6-8-22)27-16-20-9-11-26-23(15-20)30-13-14-31-19(2)17-30/h4-9,11,15,19,21H,3,10,12-14,16-18H2,1-2H3,(H2,25,27,28). The summed E-state index contributed by atoms with van der Waals surface area (Å²) in [4.78, 5) is 14.1. The predicted octanol–water partition coefficient (Wildman–Crippen LogP) is 2.64. The largest absolute Gasteiger partial charge is 0.375 e. The molecular weight excluding hydrogens is 388 g/mol. The average Bonchev–Trinajstić information content (AvgIpc) is 3.27. The van der Waals surface area contributed by atoms with Crippen LogP contribution in [0.2, 0.25) is 0 Å². The summed E-state index contributed by atoms with van der Waals surface area (Å²) in [5.41, 5.74) is 2.45. The van der Waals surface area contributed by atoms with E-state index in [0.29, 0.717) is 12.6 Å². The second-order valence-corrected chi connectivity index (χ2v) is 8.26. The minimum Gasteiger partial charge on any atom is -0.375 e. The fraction of sp³-hybridized carbons (Fsp3) is 0.500. The number of pyridine rings is 1. The van der Waals surface area contributed by atoms with E-state index in [2.05, 4.69) is 75.7 Å². The van der Waals surface area contributed by atoms with Crippen LogP contribution in [0.1, 0.15) is 25.8 Å². The minimum atomic E-state index is 0.239. The molecule has 2 unspecified atom stereocenters. The molecule has 2 saturated heterocycles. The minimum absolute atomic E-state index is 0.239. The number of ether oxygens (including phenoxy) is 1. The number of benzene rings is 1. The lowest BCUT2D eigenvalue weighted by Crippen LogP contribution is -2.44. The number of rotatable bonds is 6. The van der Waals surface area contributed by atoms with E-state index in [1.807, 2.05) is 12.3 Å². The SMILES string of the molecule is CCNC(=NCc1ccnc(N2CCOC(C)C2)c1)NC1CCN(c2ccccc2)C1. The van der Waals surface area contributed by atoms with Crippen molar-refractivity contribution < 1.29 is 4.74 Å². The third kappa shape index (κ3) is 5.88. The van der Waals surface area contributed by atoms with E-state index in [0.717, 1.165) is 57.5 Å². The number of nitrogens with zero attached hydrogens (tertiary/aromatic N) is 4. The normalized spacial score (nSPS) is 21.9. The van der Waals surface area contributed by atoms with Gasteiger partial charge in [-0.05, 0) is 50.1 Å². The van der Waals surface area contributed by atoms with Crippen LogP contribution in [-0.4, -0.2) is 62.4 Å². The van der Waals surface area contributed by atoms with Gasteiger partial charge in [0, 0.05) is 50.6 Å². The molecule has 7 nitrogen and oxygen atoms in total. The Morgan fingerprint density at radius 3 is 2.84 bits per heavy atom. The summed E-state index contributed by atoms with van der Waals surface area (Å²) in [6.07, 6.45) is 3.23. The number of morpholine rings is 1. The maximum Gasteiger partial charge on any atom is 0.191 e. The van der Waals surface area contributed by atoms with Crippen molar-refractivity contribution in [2.75, 3.05) is 49.1 Å². The third-order valence-electron chi connectivity index (χ3n) is 5.79. The van der Waals surface area contributed by atoms with Gasteiger partial charge < -0.3 is 25.2 Å². The van der Waals surface area contributed by atoms with Crippen molar-refractivity contribution >= 4 is 17.5 Å². The van der Waals surface area contributed by atoms with E-state index in [1.165, 1.54) is 11.3 Å². The van der Waals surface area contributed by atoms with Crippen LogP contribution in [0.25, 0.3) is 0 Å². The molecule has 0 spiro atoms. The first-order chi connectivity index (χ1) is 15.2. The van der Waals surface area contributed by atoms with Crippen molar-refractivity contribution in [2.24, 2.45) is 4.99 Å². The van der Waals surface area contributed by atoms with Crippen LogP contribution >= 0.6 is 0 Å². The first-order valence-electron chi connectivity index (χ1n) is 11.4. The van der Waals surface area contributed by atoms with Gasteiger partial charge in [0.05, 0.1) is 19.3 Å².